The first-order valence-electron chi connectivity index (χ1n) is 11.3. The number of pyridine rings is 1. The number of likely N-dealkylation sites (N-methyl/N-ethyl adjacent to an activating group) is 1. The second-order valence-corrected chi connectivity index (χ2v) is 8.45. The average molecular weight is 461 g/mol. The highest BCUT2D eigenvalue weighted by molar-refractivity contribution is 5.97. The van der Waals surface area contributed by atoms with Crippen LogP contribution in [0, 0.1) is 5.92 Å². The van der Waals surface area contributed by atoms with Gasteiger partial charge in [-0.3, -0.25) is 19.4 Å². The van der Waals surface area contributed by atoms with Gasteiger partial charge in [-0.2, -0.15) is 0 Å². The molecule has 1 aromatic carbocycles. The van der Waals surface area contributed by atoms with Crippen LogP contribution in [-0.4, -0.2) is 45.9 Å². The van der Waals surface area contributed by atoms with Gasteiger partial charge in [0.15, 0.2) is 0 Å². The Morgan fingerprint density at radius 1 is 1.29 bits per heavy atom. The normalized spacial score (nSPS) is 15.3. The molecule has 176 valence electrons. The predicted octanol–water partition coefficient (Wildman–Crippen LogP) is 3.31. The Kier molecular flexibility index (Phi) is 6.77. The number of hydrogen-bond acceptors (Lipinski definition) is 5. The molecule has 0 saturated carbocycles. The molecule has 0 fully saturated rings. The number of carbonyl (C=O) groups excluding carboxylic acids is 3. The quantitative estimate of drug-likeness (QED) is 0.431. The van der Waals surface area contributed by atoms with Crippen molar-refractivity contribution in [2.75, 3.05) is 19.0 Å². The van der Waals surface area contributed by atoms with Crippen molar-refractivity contribution in [3.05, 3.63) is 65.6 Å². The molecule has 1 aliphatic heterocycles. The van der Waals surface area contributed by atoms with Crippen LogP contribution in [0.1, 0.15) is 30.3 Å². The SMILES string of the molecule is CCOC(=O)CC1Cc2cc(/C=C/C(=O)N(C)Cc3cc4ccccc4n3C)ncc2NC1=O. The summed E-state index contributed by atoms with van der Waals surface area (Å²) in [5.41, 5.74) is 4.28. The topological polar surface area (TPSA) is 93.5 Å². The third-order valence-corrected chi connectivity index (χ3v) is 6.05. The highest BCUT2D eigenvalue weighted by atomic mass is 16.5. The number of amides is 2. The van der Waals surface area contributed by atoms with Gasteiger partial charge in [-0.15, -0.1) is 0 Å². The molecule has 2 amide bonds. The van der Waals surface area contributed by atoms with E-state index in [1.165, 1.54) is 6.08 Å². The summed E-state index contributed by atoms with van der Waals surface area (Å²) < 4.78 is 7.06. The van der Waals surface area contributed by atoms with Crippen molar-refractivity contribution in [3.8, 4) is 0 Å². The van der Waals surface area contributed by atoms with E-state index in [1.54, 1.807) is 31.1 Å². The van der Waals surface area contributed by atoms with Crippen molar-refractivity contribution < 1.29 is 19.1 Å². The summed E-state index contributed by atoms with van der Waals surface area (Å²) in [6.45, 7) is 2.50. The van der Waals surface area contributed by atoms with E-state index in [-0.39, 0.29) is 30.8 Å². The summed E-state index contributed by atoms with van der Waals surface area (Å²) in [5, 5.41) is 3.94. The third-order valence-electron chi connectivity index (χ3n) is 6.05. The average Bonchev–Trinajstić information content (AvgIpc) is 3.13. The first-order chi connectivity index (χ1) is 16.4. The maximum absolute atomic E-state index is 12.7. The smallest absolute Gasteiger partial charge is 0.306 e. The molecule has 34 heavy (non-hydrogen) atoms. The summed E-state index contributed by atoms with van der Waals surface area (Å²) in [6, 6.07) is 12.0. The Balaban J connectivity index is 1.42. The molecule has 0 spiro atoms. The van der Waals surface area contributed by atoms with Crippen molar-refractivity contribution in [3.63, 3.8) is 0 Å². The lowest BCUT2D eigenvalue weighted by Gasteiger charge is -2.24. The van der Waals surface area contributed by atoms with Gasteiger partial charge in [0.1, 0.15) is 0 Å². The molecule has 0 saturated heterocycles. The fourth-order valence-electron chi connectivity index (χ4n) is 4.17. The molecule has 1 unspecified atom stereocenters. The number of fused-ring (bicyclic) bond motifs is 2. The maximum Gasteiger partial charge on any atom is 0.306 e. The van der Waals surface area contributed by atoms with Gasteiger partial charge in [0.25, 0.3) is 0 Å². The van der Waals surface area contributed by atoms with Gasteiger partial charge >= 0.3 is 5.97 Å². The number of carbonyl (C=O) groups is 3. The van der Waals surface area contributed by atoms with Crippen LogP contribution in [0.2, 0.25) is 0 Å². The number of anilines is 1. The molecule has 2 aromatic heterocycles. The van der Waals surface area contributed by atoms with Crippen molar-refractivity contribution in [2.24, 2.45) is 13.0 Å². The van der Waals surface area contributed by atoms with Gasteiger partial charge in [-0.25, -0.2) is 0 Å². The summed E-state index contributed by atoms with van der Waals surface area (Å²) in [5.74, 6) is -1.23. The molecule has 8 nitrogen and oxygen atoms in total. The number of nitrogens with one attached hydrogen (secondary N) is 1. The van der Waals surface area contributed by atoms with E-state index < -0.39 is 5.92 Å². The zero-order chi connectivity index (χ0) is 24.2. The lowest BCUT2D eigenvalue weighted by atomic mass is 9.91. The van der Waals surface area contributed by atoms with Gasteiger partial charge in [-0.1, -0.05) is 18.2 Å². The minimum atomic E-state index is -0.487. The highest BCUT2D eigenvalue weighted by Crippen LogP contribution is 2.28. The molecule has 0 radical (unpaired) electrons. The van der Waals surface area contributed by atoms with Crippen molar-refractivity contribution in [2.45, 2.75) is 26.3 Å². The molecule has 1 atom stereocenters. The number of aromatic nitrogens is 2. The van der Waals surface area contributed by atoms with Crippen LogP contribution in [0.25, 0.3) is 17.0 Å². The summed E-state index contributed by atoms with van der Waals surface area (Å²) in [6.07, 6.45) is 5.19. The first-order valence-corrected chi connectivity index (χ1v) is 11.3. The molecule has 4 rings (SSSR count). The molecule has 8 heteroatoms. The van der Waals surface area contributed by atoms with Gasteiger partial charge in [-0.05, 0) is 48.6 Å². The fourth-order valence-corrected chi connectivity index (χ4v) is 4.17. The van der Waals surface area contributed by atoms with E-state index in [1.807, 2.05) is 25.2 Å². The Bertz CT molecular complexity index is 1280. The number of ether oxygens (including phenoxy) is 1. The van der Waals surface area contributed by atoms with Crippen LogP contribution in [0.3, 0.4) is 0 Å². The van der Waals surface area contributed by atoms with E-state index >= 15 is 0 Å². The van der Waals surface area contributed by atoms with Crippen LogP contribution >= 0.6 is 0 Å². The highest BCUT2D eigenvalue weighted by Gasteiger charge is 2.29. The van der Waals surface area contributed by atoms with Gasteiger partial charge < -0.3 is 19.5 Å². The number of hydrogen-bond donors (Lipinski definition) is 1. The molecule has 0 bridgehead atoms. The monoisotopic (exact) mass is 460 g/mol. The van der Waals surface area contributed by atoms with Crippen LogP contribution < -0.4 is 5.32 Å². The summed E-state index contributed by atoms with van der Waals surface area (Å²) in [7, 11) is 3.76. The number of aryl methyl sites for hydroxylation is 1. The molecular formula is C26H28N4O4. The molecular weight excluding hydrogens is 432 g/mol. The van der Waals surface area contributed by atoms with Gasteiger partial charge in [0.2, 0.25) is 11.8 Å². The van der Waals surface area contributed by atoms with Crippen LogP contribution in [0.15, 0.2) is 48.7 Å². The zero-order valence-corrected chi connectivity index (χ0v) is 19.6. The zero-order valence-electron chi connectivity index (χ0n) is 19.6. The largest absolute Gasteiger partial charge is 0.466 e. The van der Waals surface area contributed by atoms with E-state index in [2.05, 4.69) is 33.1 Å². The number of esters is 1. The minimum absolute atomic E-state index is 0.0318. The second kappa shape index (κ2) is 9.91. The number of benzene rings is 1. The van der Waals surface area contributed by atoms with E-state index in [0.29, 0.717) is 24.3 Å². The molecule has 0 aliphatic carbocycles. The lowest BCUT2D eigenvalue weighted by Crippen LogP contribution is -2.32. The van der Waals surface area contributed by atoms with Gasteiger partial charge in [0, 0.05) is 31.4 Å². The third kappa shape index (κ3) is 5.01. The summed E-state index contributed by atoms with van der Waals surface area (Å²) in [4.78, 5) is 42.8. The Morgan fingerprint density at radius 2 is 2.09 bits per heavy atom. The van der Waals surface area contributed by atoms with E-state index in [9.17, 15) is 14.4 Å². The van der Waals surface area contributed by atoms with E-state index in [4.69, 9.17) is 4.74 Å². The molecule has 1 aliphatic rings. The molecule has 3 aromatic rings. The Hall–Kier alpha value is -3.94. The number of rotatable bonds is 7. The van der Waals surface area contributed by atoms with Crippen molar-refractivity contribution in [1.82, 2.24) is 14.5 Å². The molecule has 1 N–H and O–H groups in total. The Labute approximate surface area is 198 Å². The standard InChI is InChI=1S/C26H28N4O4/c1-4-34-25(32)14-19-11-18-12-20(27-15-22(18)28-26(19)33)9-10-24(31)29(2)16-21-13-17-7-5-6-8-23(17)30(21)3/h5-10,12-13,15,19H,4,11,14,16H2,1-3H3,(H,28,33)/b10-9+. The first kappa shape index (κ1) is 23.2. The van der Waals surface area contributed by atoms with Crippen LogP contribution in [0.5, 0.6) is 0 Å². The number of para-hydroxylation sites is 1. The Morgan fingerprint density at radius 3 is 2.85 bits per heavy atom. The van der Waals surface area contributed by atoms with Crippen molar-refractivity contribution in [1.29, 1.82) is 0 Å². The number of nitrogens with zero attached hydrogens (tertiary/aromatic N) is 3. The maximum atomic E-state index is 12.7. The van der Waals surface area contributed by atoms with E-state index in [0.717, 1.165) is 22.2 Å². The van der Waals surface area contributed by atoms with Crippen molar-refractivity contribution >= 4 is 40.4 Å². The fraction of sp³-hybridized carbons (Fsp3) is 0.308. The lowest BCUT2D eigenvalue weighted by molar-refractivity contribution is -0.145. The molecule has 3 heterocycles. The van der Waals surface area contributed by atoms with Gasteiger partial charge in [0.05, 0.1) is 43.1 Å². The second-order valence-electron chi connectivity index (χ2n) is 8.45. The van der Waals surface area contributed by atoms with Crippen LogP contribution in [-0.2, 0) is 39.1 Å². The minimum Gasteiger partial charge on any atom is -0.466 e. The summed E-state index contributed by atoms with van der Waals surface area (Å²) >= 11 is 0. The predicted molar refractivity (Wildman–Crippen MR) is 130 cm³/mol. The van der Waals surface area contributed by atoms with Crippen LogP contribution in [0.4, 0.5) is 5.69 Å².